The van der Waals surface area contributed by atoms with Gasteiger partial charge in [-0.3, -0.25) is 9.78 Å². The van der Waals surface area contributed by atoms with Crippen LogP contribution in [0, 0.1) is 0 Å². The molecule has 0 saturated carbocycles. The quantitative estimate of drug-likeness (QED) is 0.650. The Morgan fingerprint density at radius 3 is 2.80 bits per heavy atom. The number of carboxylic acid groups (broad SMARTS) is 1. The molecule has 15 heavy (non-hydrogen) atoms. The Bertz CT molecular complexity index is 338. The zero-order chi connectivity index (χ0) is 11.1. The fourth-order valence-corrected chi connectivity index (χ4v) is 1.02. The molecule has 0 aliphatic carbocycles. The van der Waals surface area contributed by atoms with Crippen LogP contribution in [0.2, 0.25) is 0 Å². The van der Waals surface area contributed by atoms with Gasteiger partial charge in [0.2, 0.25) is 0 Å². The highest BCUT2D eigenvalue weighted by Gasteiger charge is 2.03. The van der Waals surface area contributed by atoms with Crippen LogP contribution in [0.25, 0.3) is 0 Å². The first-order valence-electron chi connectivity index (χ1n) is 4.59. The van der Waals surface area contributed by atoms with Gasteiger partial charge in [-0.05, 0) is 25.0 Å². The van der Waals surface area contributed by atoms with E-state index in [1.54, 1.807) is 18.2 Å². The van der Waals surface area contributed by atoms with Gasteiger partial charge in [0.25, 0.3) is 5.91 Å². The fraction of sp³-hybridized carbons (Fsp3) is 0.300. The summed E-state index contributed by atoms with van der Waals surface area (Å²) >= 11 is 0. The van der Waals surface area contributed by atoms with Crippen molar-refractivity contribution in [1.82, 2.24) is 10.3 Å². The first-order chi connectivity index (χ1) is 7.20. The highest BCUT2D eigenvalue weighted by Crippen LogP contribution is 1.93. The highest BCUT2D eigenvalue weighted by molar-refractivity contribution is 5.92. The number of nitrogens with zero attached hydrogens (tertiary/aromatic N) is 1. The van der Waals surface area contributed by atoms with Gasteiger partial charge in [0.15, 0.2) is 0 Å². The molecule has 0 spiro atoms. The maximum absolute atomic E-state index is 11.4. The molecule has 1 amide bonds. The number of nitrogens with one attached hydrogen (secondary N) is 1. The second-order valence-electron chi connectivity index (χ2n) is 2.95. The van der Waals surface area contributed by atoms with Gasteiger partial charge in [-0.25, -0.2) is 0 Å². The van der Waals surface area contributed by atoms with E-state index in [1.165, 1.54) is 6.20 Å². The molecule has 0 aliphatic heterocycles. The summed E-state index contributed by atoms with van der Waals surface area (Å²) in [4.78, 5) is 25.3. The Morgan fingerprint density at radius 2 is 2.20 bits per heavy atom. The zero-order valence-electron chi connectivity index (χ0n) is 8.10. The third-order valence-corrected chi connectivity index (χ3v) is 1.74. The predicted octanol–water partition coefficient (Wildman–Crippen LogP) is -0.659. The molecule has 1 rings (SSSR count). The lowest BCUT2D eigenvalue weighted by molar-refractivity contribution is -0.305. The molecule has 0 bridgehead atoms. The van der Waals surface area contributed by atoms with Gasteiger partial charge >= 0.3 is 0 Å². The van der Waals surface area contributed by atoms with Crippen molar-refractivity contribution >= 4 is 11.9 Å². The van der Waals surface area contributed by atoms with Crippen LogP contribution in [-0.2, 0) is 4.79 Å². The van der Waals surface area contributed by atoms with E-state index in [9.17, 15) is 14.7 Å². The van der Waals surface area contributed by atoms with E-state index in [-0.39, 0.29) is 12.3 Å². The second-order valence-corrected chi connectivity index (χ2v) is 2.95. The van der Waals surface area contributed by atoms with Crippen molar-refractivity contribution in [2.75, 3.05) is 6.54 Å². The third-order valence-electron chi connectivity index (χ3n) is 1.74. The van der Waals surface area contributed by atoms with Gasteiger partial charge < -0.3 is 15.2 Å². The molecule has 0 aromatic carbocycles. The lowest BCUT2D eigenvalue weighted by atomic mass is 10.3. The Balaban J connectivity index is 2.28. The molecule has 1 aromatic rings. The van der Waals surface area contributed by atoms with Crippen LogP contribution in [-0.4, -0.2) is 23.4 Å². The Morgan fingerprint density at radius 1 is 1.40 bits per heavy atom. The van der Waals surface area contributed by atoms with Crippen LogP contribution in [0.1, 0.15) is 23.3 Å². The smallest absolute Gasteiger partial charge is 0.269 e. The van der Waals surface area contributed by atoms with E-state index >= 15 is 0 Å². The van der Waals surface area contributed by atoms with Gasteiger partial charge in [-0.1, -0.05) is 6.07 Å². The Labute approximate surface area is 87.1 Å². The SMILES string of the molecule is O=C([O-])CCCNC(=O)c1ccccn1. The fourth-order valence-electron chi connectivity index (χ4n) is 1.02. The van der Waals surface area contributed by atoms with Gasteiger partial charge in [-0.15, -0.1) is 0 Å². The van der Waals surface area contributed by atoms with Crippen LogP contribution in [0.4, 0.5) is 0 Å². The first kappa shape index (κ1) is 11.2. The molecule has 0 unspecified atom stereocenters. The Kier molecular flexibility index (Phi) is 4.28. The van der Waals surface area contributed by atoms with Crippen molar-refractivity contribution < 1.29 is 14.7 Å². The Hall–Kier alpha value is -1.91. The second kappa shape index (κ2) is 5.74. The topological polar surface area (TPSA) is 82.1 Å². The number of carboxylic acids is 1. The minimum absolute atomic E-state index is 0.0531. The molecule has 0 atom stereocenters. The van der Waals surface area contributed by atoms with Crippen LogP contribution in [0.15, 0.2) is 24.4 Å². The molecule has 5 nitrogen and oxygen atoms in total. The van der Waals surface area contributed by atoms with Crippen molar-refractivity contribution in [1.29, 1.82) is 0 Å². The summed E-state index contributed by atoms with van der Waals surface area (Å²) in [7, 11) is 0. The number of hydrogen-bond donors (Lipinski definition) is 1. The molecule has 80 valence electrons. The van der Waals surface area contributed by atoms with Crippen molar-refractivity contribution in [2.45, 2.75) is 12.8 Å². The molecular formula is C10H11N2O3-. The van der Waals surface area contributed by atoms with E-state index in [1.807, 2.05) is 0 Å². The lowest BCUT2D eigenvalue weighted by Crippen LogP contribution is -2.28. The number of carbonyl (C=O) groups is 2. The maximum Gasteiger partial charge on any atom is 0.269 e. The summed E-state index contributed by atoms with van der Waals surface area (Å²) in [6, 6.07) is 5.02. The van der Waals surface area contributed by atoms with Crippen LogP contribution < -0.4 is 10.4 Å². The number of pyridine rings is 1. The summed E-state index contributed by atoms with van der Waals surface area (Å²) in [6.07, 6.45) is 1.83. The first-order valence-corrected chi connectivity index (χ1v) is 4.59. The van der Waals surface area contributed by atoms with Crippen LogP contribution >= 0.6 is 0 Å². The summed E-state index contributed by atoms with van der Waals surface area (Å²) in [6.45, 7) is 0.309. The molecule has 0 radical (unpaired) electrons. The number of aliphatic carboxylic acids is 1. The molecule has 0 fully saturated rings. The third kappa shape index (κ3) is 4.21. The average molecular weight is 207 g/mol. The van der Waals surface area contributed by atoms with E-state index in [2.05, 4.69) is 10.3 Å². The monoisotopic (exact) mass is 207 g/mol. The van der Waals surface area contributed by atoms with Crippen molar-refractivity contribution in [2.24, 2.45) is 0 Å². The van der Waals surface area contributed by atoms with E-state index in [0.29, 0.717) is 18.7 Å². The number of amides is 1. The number of aromatic nitrogens is 1. The van der Waals surface area contributed by atoms with Crippen LogP contribution in [0.3, 0.4) is 0 Å². The lowest BCUT2D eigenvalue weighted by Gasteiger charge is -2.04. The number of hydrogen-bond acceptors (Lipinski definition) is 4. The normalized spacial score (nSPS) is 9.60. The number of rotatable bonds is 5. The van der Waals surface area contributed by atoms with Gasteiger partial charge in [0, 0.05) is 18.7 Å². The van der Waals surface area contributed by atoms with Gasteiger partial charge in [0.1, 0.15) is 5.69 Å². The molecule has 0 aliphatic rings. The van der Waals surface area contributed by atoms with Gasteiger partial charge in [-0.2, -0.15) is 0 Å². The van der Waals surface area contributed by atoms with Crippen molar-refractivity contribution in [3.63, 3.8) is 0 Å². The summed E-state index contributed by atoms with van der Waals surface area (Å²) in [5, 5.41) is 12.6. The molecular weight excluding hydrogens is 196 g/mol. The van der Waals surface area contributed by atoms with Crippen molar-refractivity contribution in [3.05, 3.63) is 30.1 Å². The summed E-state index contributed by atoms with van der Waals surface area (Å²) in [5.74, 6) is -1.41. The van der Waals surface area contributed by atoms with E-state index in [4.69, 9.17) is 0 Å². The van der Waals surface area contributed by atoms with Crippen molar-refractivity contribution in [3.8, 4) is 0 Å². The van der Waals surface area contributed by atoms with Gasteiger partial charge in [0.05, 0.1) is 0 Å². The largest absolute Gasteiger partial charge is 0.550 e. The summed E-state index contributed by atoms with van der Waals surface area (Å²) in [5.41, 5.74) is 0.325. The molecule has 1 heterocycles. The standard InChI is InChI=1S/C10H12N2O3/c13-9(14)5-3-7-12-10(15)8-4-1-2-6-11-8/h1-2,4,6H,3,5,7H2,(H,12,15)(H,13,14)/p-1. The van der Waals surface area contributed by atoms with Crippen LogP contribution in [0.5, 0.6) is 0 Å². The zero-order valence-corrected chi connectivity index (χ0v) is 8.10. The molecule has 1 N–H and O–H groups in total. The minimum Gasteiger partial charge on any atom is -0.550 e. The maximum atomic E-state index is 11.4. The predicted molar refractivity (Wildman–Crippen MR) is 50.8 cm³/mol. The van der Waals surface area contributed by atoms with E-state index < -0.39 is 5.97 Å². The molecule has 0 saturated heterocycles. The minimum atomic E-state index is -1.11. The molecule has 1 aromatic heterocycles. The number of carbonyl (C=O) groups excluding carboxylic acids is 2. The highest BCUT2D eigenvalue weighted by atomic mass is 16.4. The summed E-state index contributed by atoms with van der Waals surface area (Å²) < 4.78 is 0. The average Bonchev–Trinajstić information content (AvgIpc) is 2.25. The van der Waals surface area contributed by atoms with E-state index in [0.717, 1.165) is 0 Å². The molecule has 5 heteroatoms.